The summed E-state index contributed by atoms with van der Waals surface area (Å²) in [6.07, 6.45) is 4.66. The summed E-state index contributed by atoms with van der Waals surface area (Å²) in [6, 6.07) is 8.93. The number of nitrogens with zero attached hydrogens (tertiary/aromatic N) is 2. The molecule has 0 fully saturated rings. The first-order chi connectivity index (χ1) is 11.5. The number of aromatic nitrogens is 1. The van der Waals surface area contributed by atoms with Gasteiger partial charge in [0.1, 0.15) is 0 Å². The monoisotopic (exact) mass is 325 g/mol. The molecule has 0 radical (unpaired) electrons. The smallest absolute Gasteiger partial charge is 0.272 e. The van der Waals surface area contributed by atoms with E-state index >= 15 is 0 Å². The molecule has 6 heteroatoms. The van der Waals surface area contributed by atoms with Gasteiger partial charge >= 0.3 is 0 Å². The van der Waals surface area contributed by atoms with E-state index in [1.165, 1.54) is 6.20 Å². The van der Waals surface area contributed by atoms with Crippen LogP contribution in [0.3, 0.4) is 0 Å². The van der Waals surface area contributed by atoms with Gasteiger partial charge in [0.15, 0.2) is 11.5 Å². The molecule has 0 bridgehead atoms. The number of hydrogen-bond donors (Lipinski definition) is 1. The molecule has 0 atom stereocenters. The molecule has 0 aliphatic carbocycles. The molecular formula is C18H19N3O3. The Morgan fingerprint density at radius 3 is 2.79 bits per heavy atom. The van der Waals surface area contributed by atoms with Crippen molar-refractivity contribution >= 4 is 12.1 Å². The molecule has 2 aromatic rings. The summed E-state index contributed by atoms with van der Waals surface area (Å²) in [6.45, 7) is 5.37. The Morgan fingerprint density at radius 1 is 1.25 bits per heavy atom. The normalized spacial score (nSPS) is 15.8. The Balaban J connectivity index is 1.66. The van der Waals surface area contributed by atoms with Crippen molar-refractivity contribution in [3.8, 4) is 11.5 Å². The van der Waals surface area contributed by atoms with E-state index in [4.69, 9.17) is 9.47 Å². The fraction of sp³-hybridized carbons (Fsp3) is 0.278. The number of hydrazone groups is 1. The van der Waals surface area contributed by atoms with Crippen LogP contribution in [0.5, 0.6) is 11.5 Å². The van der Waals surface area contributed by atoms with Crippen LogP contribution in [-0.2, 0) is 0 Å². The summed E-state index contributed by atoms with van der Waals surface area (Å²) in [7, 11) is 0. The molecule has 1 aliphatic rings. The highest BCUT2D eigenvalue weighted by Crippen LogP contribution is 2.33. The number of benzene rings is 1. The summed E-state index contributed by atoms with van der Waals surface area (Å²) in [5.74, 6) is 1.09. The third-order valence-electron chi connectivity index (χ3n) is 3.51. The van der Waals surface area contributed by atoms with E-state index in [1.807, 2.05) is 18.2 Å². The Hall–Kier alpha value is -2.89. The topological polar surface area (TPSA) is 72.8 Å². The minimum atomic E-state index is -0.310. The van der Waals surface area contributed by atoms with Crippen LogP contribution in [0.2, 0.25) is 0 Å². The van der Waals surface area contributed by atoms with Crippen molar-refractivity contribution in [3.05, 3.63) is 53.9 Å². The molecule has 1 aliphatic heterocycles. The molecule has 2 heterocycles. The maximum absolute atomic E-state index is 11.9. The summed E-state index contributed by atoms with van der Waals surface area (Å²) < 4.78 is 11.6. The third kappa shape index (κ3) is 3.90. The lowest BCUT2D eigenvalue weighted by molar-refractivity contribution is 0.0955. The van der Waals surface area contributed by atoms with Crippen LogP contribution in [0.1, 0.15) is 29.8 Å². The lowest BCUT2D eigenvalue weighted by Gasteiger charge is -2.19. The average molecular weight is 325 g/mol. The lowest BCUT2D eigenvalue weighted by Crippen LogP contribution is -2.26. The summed E-state index contributed by atoms with van der Waals surface area (Å²) >= 11 is 0. The van der Waals surface area contributed by atoms with E-state index in [-0.39, 0.29) is 11.3 Å². The molecule has 1 N–H and O–H groups in total. The standard InChI is InChI=1S/C18H19N3O3/c1-18(2)11-23-15-6-5-13(8-16(15)24-12-18)9-20-21-17(22)14-4-3-7-19-10-14/h3-10H,11-12H2,1-2H3,(H,21,22)/b20-9-. The fourth-order valence-electron chi connectivity index (χ4n) is 2.15. The SMILES string of the molecule is CC1(C)COc2ccc(/C=N\NC(=O)c3cccnc3)cc2OC1. The van der Waals surface area contributed by atoms with E-state index < -0.39 is 0 Å². The van der Waals surface area contributed by atoms with E-state index in [2.05, 4.69) is 29.4 Å². The Morgan fingerprint density at radius 2 is 2.04 bits per heavy atom. The predicted molar refractivity (Wildman–Crippen MR) is 90.5 cm³/mol. The summed E-state index contributed by atoms with van der Waals surface area (Å²) in [5.41, 5.74) is 3.70. The van der Waals surface area contributed by atoms with Crippen molar-refractivity contribution in [1.82, 2.24) is 10.4 Å². The maximum atomic E-state index is 11.9. The Kier molecular flexibility index (Phi) is 4.46. The minimum Gasteiger partial charge on any atom is -0.489 e. The largest absolute Gasteiger partial charge is 0.489 e. The number of nitrogens with one attached hydrogen (secondary N) is 1. The van der Waals surface area contributed by atoms with E-state index in [0.717, 1.165) is 11.3 Å². The Bertz CT molecular complexity index is 757. The number of pyridine rings is 1. The summed E-state index contributed by atoms with van der Waals surface area (Å²) in [4.78, 5) is 15.8. The van der Waals surface area contributed by atoms with Crippen LogP contribution >= 0.6 is 0 Å². The van der Waals surface area contributed by atoms with Gasteiger partial charge in [0, 0.05) is 17.8 Å². The van der Waals surface area contributed by atoms with E-state index in [9.17, 15) is 4.79 Å². The van der Waals surface area contributed by atoms with Crippen molar-refractivity contribution in [1.29, 1.82) is 0 Å². The van der Waals surface area contributed by atoms with Crippen LogP contribution in [0.15, 0.2) is 47.8 Å². The molecule has 0 spiro atoms. The Labute approximate surface area is 140 Å². The van der Waals surface area contributed by atoms with Gasteiger partial charge in [0.05, 0.1) is 25.0 Å². The van der Waals surface area contributed by atoms with Crippen molar-refractivity contribution in [3.63, 3.8) is 0 Å². The first-order valence-corrected chi connectivity index (χ1v) is 7.67. The van der Waals surface area contributed by atoms with Gasteiger partial charge in [-0.25, -0.2) is 5.43 Å². The van der Waals surface area contributed by atoms with E-state index in [1.54, 1.807) is 24.5 Å². The van der Waals surface area contributed by atoms with Crippen LogP contribution in [0.25, 0.3) is 0 Å². The molecule has 0 saturated heterocycles. The minimum absolute atomic E-state index is 0.0367. The molecule has 0 saturated carbocycles. The van der Waals surface area contributed by atoms with Crippen LogP contribution < -0.4 is 14.9 Å². The van der Waals surface area contributed by atoms with Gasteiger partial charge in [-0.15, -0.1) is 0 Å². The molecule has 1 amide bonds. The quantitative estimate of drug-likeness (QED) is 0.695. The second-order valence-electron chi connectivity index (χ2n) is 6.39. The zero-order valence-corrected chi connectivity index (χ0v) is 13.7. The van der Waals surface area contributed by atoms with Gasteiger partial charge in [-0.3, -0.25) is 9.78 Å². The number of hydrogen-bond acceptors (Lipinski definition) is 5. The van der Waals surface area contributed by atoms with Crippen molar-refractivity contribution in [2.75, 3.05) is 13.2 Å². The molecule has 6 nitrogen and oxygen atoms in total. The molecule has 24 heavy (non-hydrogen) atoms. The molecule has 1 aromatic heterocycles. The van der Waals surface area contributed by atoms with Crippen LogP contribution in [-0.4, -0.2) is 30.3 Å². The summed E-state index contributed by atoms with van der Waals surface area (Å²) in [5, 5.41) is 3.97. The predicted octanol–water partition coefficient (Wildman–Crippen LogP) is 2.64. The zero-order chi connectivity index (χ0) is 17.0. The lowest BCUT2D eigenvalue weighted by atomic mass is 9.97. The second-order valence-corrected chi connectivity index (χ2v) is 6.39. The van der Waals surface area contributed by atoms with Gasteiger partial charge in [-0.2, -0.15) is 5.10 Å². The number of amides is 1. The van der Waals surface area contributed by atoms with Gasteiger partial charge in [0.2, 0.25) is 0 Å². The molecule has 124 valence electrons. The highest BCUT2D eigenvalue weighted by molar-refractivity contribution is 5.94. The van der Waals surface area contributed by atoms with Crippen molar-refractivity contribution < 1.29 is 14.3 Å². The molecular weight excluding hydrogens is 306 g/mol. The first-order valence-electron chi connectivity index (χ1n) is 7.67. The molecule has 3 rings (SSSR count). The molecule has 0 unspecified atom stereocenters. The zero-order valence-electron chi connectivity index (χ0n) is 13.7. The van der Waals surface area contributed by atoms with Gasteiger partial charge in [-0.05, 0) is 35.9 Å². The number of ether oxygens (including phenoxy) is 2. The third-order valence-corrected chi connectivity index (χ3v) is 3.51. The number of carbonyl (C=O) groups is 1. The highest BCUT2D eigenvalue weighted by Gasteiger charge is 2.25. The number of fused-ring (bicyclic) bond motifs is 1. The number of rotatable bonds is 3. The maximum Gasteiger partial charge on any atom is 0.272 e. The fourth-order valence-corrected chi connectivity index (χ4v) is 2.15. The first kappa shape index (κ1) is 16.0. The highest BCUT2D eigenvalue weighted by atomic mass is 16.5. The number of carbonyl (C=O) groups excluding carboxylic acids is 1. The van der Waals surface area contributed by atoms with E-state index in [0.29, 0.717) is 24.5 Å². The van der Waals surface area contributed by atoms with Crippen LogP contribution in [0.4, 0.5) is 0 Å². The van der Waals surface area contributed by atoms with Gasteiger partial charge in [-0.1, -0.05) is 13.8 Å². The van der Waals surface area contributed by atoms with Crippen LogP contribution in [0, 0.1) is 5.41 Å². The van der Waals surface area contributed by atoms with Gasteiger partial charge < -0.3 is 9.47 Å². The average Bonchev–Trinajstić information content (AvgIpc) is 2.74. The van der Waals surface area contributed by atoms with Gasteiger partial charge in [0.25, 0.3) is 5.91 Å². The second kappa shape index (κ2) is 6.70. The van der Waals surface area contributed by atoms with Crippen molar-refractivity contribution in [2.45, 2.75) is 13.8 Å². The molecule has 1 aromatic carbocycles. The van der Waals surface area contributed by atoms with Crippen molar-refractivity contribution in [2.24, 2.45) is 10.5 Å².